The monoisotopic (exact) mass is 248 g/mol. The lowest BCUT2D eigenvalue weighted by Gasteiger charge is -2.35. The van der Waals surface area contributed by atoms with Gasteiger partial charge in [-0.05, 0) is 51.7 Å². The van der Waals surface area contributed by atoms with E-state index in [1.165, 1.54) is 12.8 Å². The molecule has 0 aromatic carbocycles. The fourth-order valence-electron chi connectivity index (χ4n) is 2.35. The van der Waals surface area contributed by atoms with E-state index in [1.807, 2.05) is 12.1 Å². The largest absolute Gasteiger partial charge is 0.355 e. The first-order valence-corrected chi connectivity index (χ1v) is 6.82. The maximum Gasteiger partial charge on any atom is 0.151 e. The highest BCUT2D eigenvalue weighted by Gasteiger charge is 2.22. The predicted molar refractivity (Wildman–Crippen MR) is 74.7 cm³/mol. The molecule has 0 spiro atoms. The van der Waals surface area contributed by atoms with Gasteiger partial charge in [0.25, 0.3) is 0 Å². The smallest absolute Gasteiger partial charge is 0.151 e. The van der Waals surface area contributed by atoms with Crippen LogP contribution in [0.5, 0.6) is 0 Å². The van der Waals surface area contributed by atoms with Gasteiger partial charge in [0.15, 0.2) is 5.82 Å². The summed E-state index contributed by atoms with van der Waals surface area (Å²) in [5, 5.41) is 11.8. The summed E-state index contributed by atoms with van der Waals surface area (Å²) in [5.41, 5.74) is 0.203. The van der Waals surface area contributed by atoms with Crippen LogP contribution in [0.2, 0.25) is 0 Å². The van der Waals surface area contributed by atoms with E-state index in [0.29, 0.717) is 5.92 Å². The third kappa shape index (κ3) is 3.95. The van der Waals surface area contributed by atoms with Gasteiger partial charge in [-0.3, -0.25) is 0 Å². The summed E-state index contributed by atoms with van der Waals surface area (Å²) in [4.78, 5) is 2.35. The molecule has 1 aliphatic heterocycles. The zero-order chi connectivity index (χ0) is 13.0. The van der Waals surface area contributed by atoms with Gasteiger partial charge < -0.3 is 10.2 Å². The van der Waals surface area contributed by atoms with Gasteiger partial charge in [-0.2, -0.15) is 5.10 Å². The standard InChI is InChI=1S/C14H24N4/c1-14(2,3)15-10-12-6-5-9-18(11-12)13-7-4-8-16-17-13/h4,7-8,12,15H,5-6,9-11H2,1-3H3. The molecule has 0 bridgehead atoms. The molecule has 1 fully saturated rings. The summed E-state index contributed by atoms with van der Waals surface area (Å²) >= 11 is 0. The van der Waals surface area contributed by atoms with Crippen molar-refractivity contribution in [1.29, 1.82) is 0 Å². The highest BCUT2D eigenvalue weighted by molar-refractivity contribution is 5.36. The van der Waals surface area contributed by atoms with Crippen LogP contribution >= 0.6 is 0 Å². The van der Waals surface area contributed by atoms with Crippen LogP contribution < -0.4 is 10.2 Å². The molecule has 18 heavy (non-hydrogen) atoms. The molecule has 100 valence electrons. The van der Waals surface area contributed by atoms with Crippen LogP contribution in [0, 0.1) is 5.92 Å². The highest BCUT2D eigenvalue weighted by Crippen LogP contribution is 2.20. The number of piperidine rings is 1. The Labute approximate surface area is 110 Å². The van der Waals surface area contributed by atoms with E-state index in [-0.39, 0.29) is 5.54 Å². The van der Waals surface area contributed by atoms with Crippen molar-refractivity contribution in [2.45, 2.75) is 39.2 Å². The topological polar surface area (TPSA) is 41.0 Å². The highest BCUT2D eigenvalue weighted by atomic mass is 15.3. The van der Waals surface area contributed by atoms with Gasteiger partial charge in [0.2, 0.25) is 0 Å². The average Bonchev–Trinajstić information content (AvgIpc) is 2.37. The Morgan fingerprint density at radius 2 is 2.28 bits per heavy atom. The van der Waals surface area contributed by atoms with Crippen LogP contribution in [-0.4, -0.2) is 35.4 Å². The first kappa shape index (κ1) is 13.3. The summed E-state index contributed by atoms with van der Waals surface area (Å²) in [6, 6.07) is 4.01. The molecule has 0 aliphatic carbocycles. The molecule has 0 saturated carbocycles. The molecule has 0 amide bonds. The second kappa shape index (κ2) is 5.65. The Morgan fingerprint density at radius 1 is 1.44 bits per heavy atom. The van der Waals surface area contributed by atoms with Gasteiger partial charge in [0.05, 0.1) is 0 Å². The molecule has 1 aliphatic rings. The number of aromatic nitrogens is 2. The molecule has 4 nitrogen and oxygen atoms in total. The normalized spacial score (nSPS) is 21.1. The second-order valence-electron chi connectivity index (χ2n) is 6.17. The van der Waals surface area contributed by atoms with Crippen molar-refractivity contribution in [3.63, 3.8) is 0 Å². The minimum absolute atomic E-state index is 0.203. The van der Waals surface area contributed by atoms with E-state index >= 15 is 0 Å². The minimum Gasteiger partial charge on any atom is -0.355 e. The van der Waals surface area contributed by atoms with Crippen LogP contribution in [0.4, 0.5) is 5.82 Å². The Hall–Kier alpha value is -1.16. The molecule has 1 N–H and O–H groups in total. The fourth-order valence-corrected chi connectivity index (χ4v) is 2.35. The van der Waals surface area contributed by atoms with E-state index in [1.54, 1.807) is 6.20 Å². The third-order valence-electron chi connectivity index (χ3n) is 3.32. The van der Waals surface area contributed by atoms with Crippen LogP contribution in [0.25, 0.3) is 0 Å². The van der Waals surface area contributed by atoms with Crippen molar-refractivity contribution in [2.75, 3.05) is 24.5 Å². The van der Waals surface area contributed by atoms with Crippen molar-refractivity contribution in [3.8, 4) is 0 Å². The fraction of sp³-hybridized carbons (Fsp3) is 0.714. The lowest BCUT2D eigenvalue weighted by Crippen LogP contribution is -2.44. The van der Waals surface area contributed by atoms with E-state index in [2.05, 4.69) is 41.2 Å². The molecule has 1 atom stereocenters. The number of nitrogens with one attached hydrogen (secondary N) is 1. The maximum absolute atomic E-state index is 4.20. The van der Waals surface area contributed by atoms with Crippen LogP contribution in [0.15, 0.2) is 18.3 Å². The summed E-state index contributed by atoms with van der Waals surface area (Å²) in [5.74, 6) is 1.72. The number of hydrogen-bond acceptors (Lipinski definition) is 4. The zero-order valence-electron chi connectivity index (χ0n) is 11.7. The van der Waals surface area contributed by atoms with Gasteiger partial charge in [0.1, 0.15) is 0 Å². The van der Waals surface area contributed by atoms with Crippen molar-refractivity contribution < 1.29 is 0 Å². The number of hydrogen-bond donors (Lipinski definition) is 1. The van der Waals surface area contributed by atoms with Crippen molar-refractivity contribution >= 4 is 5.82 Å². The van der Waals surface area contributed by atoms with E-state index in [0.717, 1.165) is 25.5 Å². The SMILES string of the molecule is CC(C)(C)NCC1CCCN(c2cccnn2)C1. The molecule has 4 heteroatoms. The summed E-state index contributed by atoms with van der Waals surface area (Å²) < 4.78 is 0. The van der Waals surface area contributed by atoms with Crippen molar-refractivity contribution in [1.82, 2.24) is 15.5 Å². The van der Waals surface area contributed by atoms with E-state index < -0.39 is 0 Å². The molecule has 2 rings (SSSR count). The van der Waals surface area contributed by atoms with Crippen molar-refractivity contribution in [2.24, 2.45) is 5.92 Å². The summed E-state index contributed by atoms with van der Waals surface area (Å²) in [6.07, 6.45) is 4.28. The first-order chi connectivity index (χ1) is 8.54. The molecular weight excluding hydrogens is 224 g/mol. The van der Waals surface area contributed by atoms with E-state index in [9.17, 15) is 0 Å². The zero-order valence-corrected chi connectivity index (χ0v) is 11.7. The Morgan fingerprint density at radius 3 is 2.94 bits per heavy atom. The molecule has 0 radical (unpaired) electrons. The van der Waals surface area contributed by atoms with Gasteiger partial charge >= 0.3 is 0 Å². The molecule has 1 unspecified atom stereocenters. The first-order valence-electron chi connectivity index (χ1n) is 6.82. The van der Waals surface area contributed by atoms with Crippen LogP contribution in [0.3, 0.4) is 0 Å². The molecule has 1 aromatic heterocycles. The van der Waals surface area contributed by atoms with Gasteiger partial charge in [0, 0.05) is 31.4 Å². The maximum atomic E-state index is 4.20. The Balaban J connectivity index is 1.89. The Bertz CT molecular complexity index is 358. The number of rotatable bonds is 3. The Kier molecular flexibility index (Phi) is 4.17. The van der Waals surface area contributed by atoms with Gasteiger partial charge in [-0.25, -0.2) is 0 Å². The van der Waals surface area contributed by atoms with Crippen LogP contribution in [0.1, 0.15) is 33.6 Å². The summed E-state index contributed by atoms with van der Waals surface area (Å²) in [6.45, 7) is 9.93. The van der Waals surface area contributed by atoms with E-state index in [4.69, 9.17) is 0 Å². The summed E-state index contributed by atoms with van der Waals surface area (Å²) in [7, 11) is 0. The van der Waals surface area contributed by atoms with Gasteiger partial charge in [-0.15, -0.1) is 5.10 Å². The second-order valence-corrected chi connectivity index (χ2v) is 6.17. The van der Waals surface area contributed by atoms with Gasteiger partial charge in [-0.1, -0.05) is 0 Å². The lowest BCUT2D eigenvalue weighted by molar-refractivity contribution is 0.334. The minimum atomic E-state index is 0.203. The van der Waals surface area contributed by atoms with Crippen molar-refractivity contribution in [3.05, 3.63) is 18.3 Å². The lowest BCUT2D eigenvalue weighted by atomic mass is 9.96. The molecule has 2 heterocycles. The molecule has 1 saturated heterocycles. The number of anilines is 1. The van der Waals surface area contributed by atoms with Crippen LogP contribution in [-0.2, 0) is 0 Å². The number of nitrogens with zero attached hydrogens (tertiary/aromatic N) is 3. The molecule has 1 aromatic rings. The quantitative estimate of drug-likeness (QED) is 0.889. The predicted octanol–water partition coefficient (Wildman–Crippen LogP) is 2.08. The molecular formula is C14H24N4. The average molecular weight is 248 g/mol. The third-order valence-corrected chi connectivity index (χ3v) is 3.32.